The van der Waals surface area contributed by atoms with Crippen molar-refractivity contribution in [2.75, 3.05) is 13.6 Å². The summed E-state index contributed by atoms with van der Waals surface area (Å²) in [6, 6.07) is 1.57. The molecule has 80 valence electrons. The minimum absolute atomic E-state index is 0.108. The lowest BCUT2D eigenvalue weighted by atomic mass is 9.91. The van der Waals surface area contributed by atoms with Crippen molar-refractivity contribution < 1.29 is 4.79 Å². The average Bonchev–Trinajstić information content (AvgIpc) is 2.41. The van der Waals surface area contributed by atoms with Crippen molar-refractivity contribution >= 4 is 5.91 Å². The maximum absolute atomic E-state index is 10.8. The van der Waals surface area contributed by atoms with Crippen molar-refractivity contribution in [2.24, 2.45) is 5.92 Å². The molecule has 2 rings (SSSR count). The van der Waals surface area contributed by atoms with Gasteiger partial charge in [0.2, 0.25) is 5.91 Å². The number of carbonyl (C=O) groups is 1. The summed E-state index contributed by atoms with van der Waals surface area (Å²) >= 11 is 0. The van der Waals surface area contributed by atoms with Crippen molar-refractivity contribution in [1.82, 2.24) is 10.2 Å². The molecule has 2 aliphatic heterocycles. The summed E-state index contributed by atoms with van der Waals surface area (Å²) in [6.45, 7) is 2.49. The average molecular weight is 196 g/mol. The first kappa shape index (κ1) is 9.97. The van der Waals surface area contributed by atoms with E-state index in [0.29, 0.717) is 5.92 Å². The van der Waals surface area contributed by atoms with Crippen LogP contribution in [0.2, 0.25) is 0 Å². The van der Waals surface area contributed by atoms with Crippen molar-refractivity contribution in [2.45, 2.75) is 44.7 Å². The van der Waals surface area contributed by atoms with E-state index in [-0.39, 0.29) is 5.91 Å². The molecule has 2 bridgehead atoms. The van der Waals surface area contributed by atoms with Gasteiger partial charge in [-0.25, -0.2) is 0 Å². The summed E-state index contributed by atoms with van der Waals surface area (Å²) in [5, 5.41) is 2.94. The van der Waals surface area contributed by atoms with Crippen LogP contribution in [-0.4, -0.2) is 36.5 Å². The minimum atomic E-state index is 0.108. The van der Waals surface area contributed by atoms with Crippen LogP contribution < -0.4 is 5.32 Å². The molecule has 0 spiro atoms. The molecule has 3 nitrogen and oxygen atoms in total. The van der Waals surface area contributed by atoms with Crippen molar-refractivity contribution in [3.05, 3.63) is 0 Å². The van der Waals surface area contributed by atoms with Gasteiger partial charge in [0.15, 0.2) is 0 Å². The van der Waals surface area contributed by atoms with E-state index in [0.717, 1.165) is 18.6 Å². The lowest BCUT2D eigenvalue weighted by Gasteiger charge is -2.36. The fraction of sp³-hybridized carbons (Fsp3) is 0.909. The second-order valence-corrected chi connectivity index (χ2v) is 4.82. The van der Waals surface area contributed by atoms with Gasteiger partial charge < -0.3 is 10.2 Å². The maximum atomic E-state index is 10.8. The normalized spacial score (nSPS) is 37.1. The molecule has 0 aliphatic carbocycles. The Labute approximate surface area is 85.8 Å². The highest BCUT2D eigenvalue weighted by atomic mass is 16.1. The fourth-order valence-electron chi connectivity index (χ4n) is 2.98. The van der Waals surface area contributed by atoms with Crippen molar-refractivity contribution in [3.8, 4) is 0 Å². The van der Waals surface area contributed by atoms with E-state index >= 15 is 0 Å². The second-order valence-electron chi connectivity index (χ2n) is 4.82. The molecule has 2 aliphatic rings. The van der Waals surface area contributed by atoms with Gasteiger partial charge in [0.1, 0.15) is 0 Å². The van der Waals surface area contributed by atoms with Crippen LogP contribution in [0.1, 0.15) is 32.6 Å². The largest absolute Gasteiger partial charge is 0.356 e. The monoisotopic (exact) mass is 196 g/mol. The molecule has 0 aromatic rings. The number of piperidine rings is 1. The molecule has 0 radical (unpaired) electrons. The Morgan fingerprint density at radius 2 is 1.93 bits per heavy atom. The summed E-state index contributed by atoms with van der Waals surface area (Å²) in [4.78, 5) is 13.3. The number of rotatable bonds is 2. The number of hydrogen-bond donors (Lipinski definition) is 1. The molecular formula is C11H20N2O. The Kier molecular flexibility index (Phi) is 2.77. The number of nitrogens with zero attached hydrogens (tertiary/aromatic N) is 1. The SMILES string of the molecule is CC(=O)NC[C@H]1C[C@H]2CC[C@@H](C1)N2C. The smallest absolute Gasteiger partial charge is 0.216 e. The molecule has 0 aromatic carbocycles. The highest BCUT2D eigenvalue weighted by Crippen LogP contribution is 2.36. The highest BCUT2D eigenvalue weighted by Gasteiger charge is 2.38. The number of carbonyl (C=O) groups excluding carboxylic acids is 1. The molecule has 14 heavy (non-hydrogen) atoms. The Bertz CT molecular complexity index is 215. The molecule has 0 aromatic heterocycles. The third kappa shape index (κ3) is 1.92. The standard InChI is InChI=1S/C11H20N2O/c1-8(14)12-7-9-5-10-3-4-11(6-9)13(10)2/h9-11H,3-7H2,1-2H3,(H,12,14)/t9-,10+,11-. The van der Waals surface area contributed by atoms with E-state index in [1.165, 1.54) is 25.7 Å². The first-order valence-corrected chi connectivity index (χ1v) is 5.63. The zero-order valence-electron chi connectivity index (χ0n) is 9.12. The van der Waals surface area contributed by atoms with Crippen molar-refractivity contribution in [3.63, 3.8) is 0 Å². The zero-order chi connectivity index (χ0) is 10.1. The van der Waals surface area contributed by atoms with Gasteiger partial charge in [-0.15, -0.1) is 0 Å². The lowest BCUT2D eigenvalue weighted by molar-refractivity contribution is -0.119. The summed E-state index contributed by atoms with van der Waals surface area (Å²) in [6.07, 6.45) is 5.26. The van der Waals surface area contributed by atoms with Gasteiger partial charge in [0, 0.05) is 25.6 Å². The summed E-state index contributed by atoms with van der Waals surface area (Å²) in [7, 11) is 2.25. The predicted octanol–water partition coefficient (Wildman–Crippen LogP) is 0.995. The van der Waals surface area contributed by atoms with Gasteiger partial charge in [0.25, 0.3) is 0 Å². The number of amides is 1. The maximum Gasteiger partial charge on any atom is 0.216 e. The van der Waals surface area contributed by atoms with Crippen LogP contribution in [-0.2, 0) is 4.79 Å². The van der Waals surface area contributed by atoms with Crippen LogP contribution >= 0.6 is 0 Å². The number of nitrogens with one attached hydrogen (secondary N) is 1. The van der Waals surface area contributed by atoms with E-state index < -0.39 is 0 Å². The van der Waals surface area contributed by atoms with Crippen LogP contribution in [0, 0.1) is 5.92 Å². The van der Waals surface area contributed by atoms with Gasteiger partial charge in [-0.2, -0.15) is 0 Å². The Morgan fingerprint density at radius 1 is 1.36 bits per heavy atom. The lowest BCUT2D eigenvalue weighted by Crippen LogP contribution is -2.43. The molecule has 1 N–H and O–H groups in total. The molecule has 2 saturated heterocycles. The molecule has 2 heterocycles. The Hall–Kier alpha value is -0.570. The quantitative estimate of drug-likeness (QED) is 0.714. The predicted molar refractivity (Wildman–Crippen MR) is 56.0 cm³/mol. The summed E-state index contributed by atoms with van der Waals surface area (Å²) in [5.41, 5.74) is 0. The molecule has 2 fully saturated rings. The third-order valence-electron chi connectivity index (χ3n) is 3.84. The van der Waals surface area contributed by atoms with Crippen LogP contribution in [0.4, 0.5) is 0 Å². The van der Waals surface area contributed by atoms with Gasteiger partial charge >= 0.3 is 0 Å². The highest BCUT2D eigenvalue weighted by molar-refractivity contribution is 5.72. The first-order chi connectivity index (χ1) is 6.66. The molecule has 1 amide bonds. The molecule has 3 heteroatoms. The number of fused-ring (bicyclic) bond motifs is 2. The van der Waals surface area contributed by atoms with E-state index in [4.69, 9.17) is 0 Å². The minimum Gasteiger partial charge on any atom is -0.356 e. The van der Waals surface area contributed by atoms with Crippen LogP contribution in [0.25, 0.3) is 0 Å². The zero-order valence-corrected chi connectivity index (χ0v) is 9.12. The summed E-state index contributed by atoms with van der Waals surface area (Å²) < 4.78 is 0. The van der Waals surface area contributed by atoms with Gasteiger partial charge in [-0.1, -0.05) is 0 Å². The Balaban J connectivity index is 1.84. The summed E-state index contributed by atoms with van der Waals surface area (Å²) in [5.74, 6) is 0.823. The van der Waals surface area contributed by atoms with Crippen LogP contribution in [0.3, 0.4) is 0 Å². The van der Waals surface area contributed by atoms with Crippen LogP contribution in [0.5, 0.6) is 0 Å². The molecule has 3 atom stereocenters. The van der Waals surface area contributed by atoms with Gasteiger partial charge in [0.05, 0.1) is 0 Å². The molecule has 0 saturated carbocycles. The number of hydrogen-bond acceptors (Lipinski definition) is 2. The molecule has 0 unspecified atom stereocenters. The topological polar surface area (TPSA) is 32.3 Å². The van der Waals surface area contributed by atoms with E-state index in [2.05, 4.69) is 17.3 Å². The third-order valence-corrected chi connectivity index (χ3v) is 3.84. The van der Waals surface area contributed by atoms with Gasteiger partial charge in [-0.3, -0.25) is 4.79 Å². The Morgan fingerprint density at radius 3 is 2.43 bits per heavy atom. The first-order valence-electron chi connectivity index (χ1n) is 5.63. The van der Waals surface area contributed by atoms with E-state index in [1.54, 1.807) is 6.92 Å². The van der Waals surface area contributed by atoms with Gasteiger partial charge in [-0.05, 0) is 38.6 Å². The van der Waals surface area contributed by atoms with E-state index in [1.807, 2.05) is 0 Å². The second kappa shape index (κ2) is 3.89. The van der Waals surface area contributed by atoms with Crippen LogP contribution in [0.15, 0.2) is 0 Å². The van der Waals surface area contributed by atoms with Crippen molar-refractivity contribution in [1.29, 1.82) is 0 Å². The van der Waals surface area contributed by atoms with E-state index in [9.17, 15) is 4.79 Å². The molecular weight excluding hydrogens is 176 g/mol. The fourth-order valence-corrected chi connectivity index (χ4v) is 2.98.